The lowest BCUT2D eigenvalue weighted by molar-refractivity contribution is -0.128. The molecule has 0 N–H and O–H groups in total. The summed E-state index contributed by atoms with van der Waals surface area (Å²) in [6.07, 6.45) is 0. The molecule has 0 radical (unpaired) electrons. The maximum absolute atomic E-state index is 13.4. The minimum absolute atomic E-state index is 0.0453. The van der Waals surface area contributed by atoms with Crippen LogP contribution in [0.3, 0.4) is 0 Å². The summed E-state index contributed by atoms with van der Waals surface area (Å²) in [5.74, 6) is 0.650. The molecule has 168 valence electrons. The van der Waals surface area contributed by atoms with Crippen LogP contribution in [0.4, 0.5) is 4.39 Å². The molecule has 7 heteroatoms. The van der Waals surface area contributed by atoms with E-state index in [9.17, 15) is 9.18 Å². The lowest BCUT2D eigenvalue weighted by Crippen LogP contribution is -2.31. The number of hydrogen-bond acceptors (Lipinski definition) is 4. The Hall–Kier alpha value is -3.45. The van der Waals surface area contributed by atoms with Gasteiger partial charge >= 0.3 is 0 Å². The zero-order valence-corrected chi connectivity index (χ0v) is 19.2. The third kappa shape index (κ3) is 5.87. The summed E-state index contributed by atoms with van der Waals surface area (Å²) >= 11 is 1.37. The Morgan fingerprint density at radius 2 is 1.55 bits per heavy atom. The standard InChI is InChI=1S/C26H25FN4OS/c1-2-30(17-20-9-5-3-6-10-20)24(32)19-33-26-29-28-25(22-13-15-23(27)16-14-22)31(26)18-21-11-7-4-8-12-21/h3-16H,2,17-19H2,1H3. The minimum atomic E-state index is -0.300. The molecule has 1 heterocycles. The van der Waals surface area contributed by atoms with Crippen LogP contribution in [-0.4, -0.2) is 37.9 Å². The van der Waals surface area contributed by atoms with Crippen molar-refractivity contribution >= 4 is 17.7 Å². The van der Waals surface area contributed by atoms with Gasteiger partial charge in [0, 0.05) is 18.7 Å². The molecule has 0 bridgehead atoms. The maximum atomic E-state index is 13.4. The second kappa shape index (κ2) is 10.9. The Kier molecular flexibility index (Phi) is 7.52. The van der Waals surface area contributed by atoms with Crippen molar-refractivity contribution in [2.75, 3.05) is 12.3 Å². The SMILES string of the molecule is CCN(Cc1ccccc1)C(=O)CSc1nnc(-c2ccc(F)cc2)n1Cc1ccccc1. The van der Waals surface area contributed by atoms with Gasteiger partial charge in [0.25, 0.3) is 0 Å². The highest BCUT2D eigenvalue weighted by atomic mass is 32.2. The molecule has 0 saturated carbocycles. The molecule has 4 rings (SSSR count). The van der Waals surface area contributed by atoms with Crippen LogP contribution in [0.1, 0.15) is 18.1 Å². The van der Waals surface area contributed by atoms with Crippen molar-refractivity contribution in [3.05, 3.63) is 102 Å². The number of halogens is 1. The van der Waals surface area contributed by atoms with Crippen molar-refractivity contribution in [1.29, 1.82) is 0 Å². The number of aromatic nitrogens is 3. The van der Waals surface area contributed by atoms with Gasteiger partial charge in [-0.25, -0.2) is 4.39 Å². The van der Waals surface area contributed by atoms with Crippen molar-refractivity contribution < 1.29 is 9.18 Å². The fourth-order valence-corrected chi connectivity index (χ4v) is 4.35. The number of carbonyl (C=O) groups is 1. The van der Waals surface area contributed by atoms with Gasteiger partial charge in [-0.15, -0.1) is 10.2 Å². The lowest BCUT2D eigenvalue weighted by atomic mass is 10.2. The predicted octanol–water partition coefficient (Wildman–Crippen LogP) is 5.27. The molecule has 0 unspecified atom stereocenters. The van der Waals surface area contributed by atoms with Crippen molar-refractivity contribution in [2.45, 2.75) is 25.2 Å². The van der Waals surface area contributed by atoms with Gasteiger partial charge in [0.05, 0.1) is 12.3 Å². The largest absolute Gasteiger partial charge is 0.338 e. The Balaban J connectivity index is 1.54. The Bertz CT molecular complexity index is 1180. The number of benzene rings is 3. The van der Waals surface area contributed by atoms with Gasteiger partial charge in [-0.05, 0) is 42.3 Å². The average Bonchev–Trinajstić information content (AvgIpc) is 3.25. The molecule has 3 aromatic carbocycles. The highest BCUT2D eigenvalue weighted by Crippen LogP contribution is 2.26. The van der Waals surface area contributed by atoms with E-state index >= 15 is 0 Å². The monoisotopic (exact) mass is 460 g/mol. The number of nitrogens with zero attached hydrogens (tertiary/aromatic N) is 4. The topological polar surface area (TPSA) is 51.0 Å². The fourth-order valence-electron chi connectivity index (χ4n) is 3.51. The molecule has 1 aromatic heterocycles. The van der Waals surface area contributed by atoms with E-state index in [0.29, 0.717) is 30.6 Å². The molecular weight excluding hydrogens is 435 g/mol. The number of amides is 1. The number of thioether (sulfide) groups is 1. The van der Waals surface area contributed by atoms with Crippen LogP contribution in [0, 0.1) is 5.82 Å². The lowest BCUT2D eigenvalue weighted by Gasteiger charge is -2.21. The van der Waals surface area contributed by atoms with Crippen LogP contribution in [0.15, 0.2) is 90.1 Å². The van der Waals surface area contributed by atoms with E-state index in [2.05, 4.69) is 10.2 Å². The quantitative estimate of drug-likeness (QED) is 0.319. The van der Waals surface area contributed by atoms with Crippen LogP contribution in [0.5, 0.6) is 0 Å². The van der Waals surface area contributed by atoms with E-state index in [1.165, 1.54) is 23.9 Å². The predicted molar refractivity (Wildman–Crippen MR) is 129 cm³/mol. The van der Waals surface area contributed by atoms with Crippen LogP contribution >= 0.6 is 11.8 Å². The van der Waals surface area contributed by atoms with E-state index in [-0.39, 0.29) is 17.5 Å². The molecule has 0 atom stereocenters. The van der Waals surface area contributed by atoms with Gasteiger partial charge < -0.3 is 4.90 Å². The van der Waals surface area contributed by atoms with Crippen LogP contribution in [0.2, 0.25) is 0 Å². The van der Waals surface area contributed by atoms with E-state index in [0.717, 1.165) is 16.7 Å². The zero-order valence-electron chi connectivity index (χ0n) is 18.4. The van der Waals surface area contributed by atoms with Crippen LogP contribution in [-0.2, 0) is 17.9 Å². The highest BCUT2D eigenvalue weighted by Gasteiger charge is 2.18. The molecule has 4 aromatic rings. The molecule has 1 amide bonds. The number of carbonyl (C=O) groups excluding carboxylic acids is 1. The smallest absolute Gasteiger partial charge is 0.233 e. The van der Waals surface area contributed by atoms with Crippen molar-refractivity contribution in [2.24, 2.45) is 0 Å². The van der Waals surface area contributed by atoms with Gasteiger partial charge in [-0.3, -0.25) is 9.36 Å². The van der Waals surface area contributed by atoms with E-state index < -0.39 is 0 Å². The first kappa shape index (κ1) is 22.7. The summed E-state index contributed by atoms with van der Waals surface area (Å²) in [6, 6.07) is 26.2. The first-order valence-corrected chi connectivity index (χ1v) is 11.8. The summed E-state index contributed by atoms with van der Waals surface area (Å²) in [6.45, 7) is 3.74. The van der Waals surface area contributed by atoms with Crippen molar-refractivity contribution in [3.8, 4) is 11.4 Å². The molecule has 5 nitrogen and oxygen atoms in total. The Morgan fingerprint density at radius 3 is 2.18 bits per heavy atom. The first-order chi connectivity index (χ1) is 16.1. The second-order valence-corrected chi connectivity index (χ2v) is 8.51. The molecule has 0 aliphatic carbocycles. The molecular formula is C26H25FN4OS. The van der Waals surface area contributed by atoms with Crippen molar-refractivity contribution in [3.63, 3.8) is 0 Å². The molecule has 33 heavy (non-hydrogen) atoms. The summed E-state index contributed by atoms with van der Waals surface area (Å²) in [4.78, 5) is 14.8. The fraction of sp³-hybridized carbons (Fsp3) is 0.192. The van der Waals surface area contributed by atoms with Gasteiger partial charge in [-0.1, -0.05) is 72.4 Å². The Labute approximate surface area is 197 Å². The molecule has 0 aliphatic heterocycles. The summed E-state index contributed by atoms with van der Waals surface area (Å²) in [5, 5.41) is 9.39. The summed E-state index contributed by atoms with van der Waals surface area (Å²) in [5.41, 5.74) is 2.97. The first-order valence-electron chi connectivity index (χ1n) is 10.8. The number of rotatable bonds is 9. The summed E-state index contributed by atoms with van der Waals surface area (Å²) in [7, 11) is 0. The van der Waals surface area contributed by atoms with Gasteiger partial charge in [0.2, 0.25) is 5.91 Å². The van der Waals surface area contributed by atoms with Crippen molar-refractivity contribution in [1.82, 2.24) is 19.7 Å². The zero-order chi connectivity index (χ0) is 23.0. The van der Waals surface area contributed by atoms with Gasteiger partial charge in [0.15, 0.2) is 11.0 Å². The third-order valence-corrected chi connectivity index (χ3v) is 6.23. The molecule has 0 fully saturated rings. The van der Waals surface area contributed by atoms with Gasteiger partial charge in [0.1, 0.15) is 5.82 Å². The normalized spacial score (nSPS) is 10.8. The second-order valence-electron chi connectivity index (χ2n) is 7.57. The summed E-state index contributed by atoms with van der Waals surface area (Å²) < 4.78 is 15.4. The average molecular weight is 461 g/mol. The van der Waals surface area contributed by atoms with E-state index in [1.54, 1.807) is 12.1 Å². The van der Waals surface area contributed by atoms with Crippen LogP contribution in [0.25, 0.3) is 11.4 Å². The minimum Gasteiger partial charge on any atom is -0.338 e. The van der Waals surface area contributed by atoms with E-state index in [4.69, 9.17) is 0 Å². The molecule has 0 saturated heterocycles. The molecule has 0 spiro atoms. The Morgan fingerprint density at radius 1 is 0.909 bits per heavy atom. The van der Waals surface area contributed by atoms with Gasteiger partial charge in [-0.2, -0.15) is 0 Å². The maximum Gasteiger partial charge on any atom is 0.233 e. The highest BCUT2D eigenvalue weighted by molar-refractivity contribution is 7.99. The van der Waals surface area contributed by atoms with E-state index in [1.807, 2.05) is 77.1 Å². The third-order valence-electron chi connectivity index (χ3n) is 5.28. The number of hydrogen-bond donors (Lipinski definition) is 0. The van der Waals surface area contributed by atoms with Crippen LogP contribution < -0.4 is 0 Å². The molecule has 0 aliphatic rings.